The second kappa shape index (κ2) is 10.9. The summed E-state index contributed by atoms with van der Waals surface area (Å²) >= 11 is 0. The van der Waals surface area contributed by atoms with Crippen molar-refractivity contribution in [1.29, 1.82) is 0 Å². The average molecular weight is 691 g/mol. The summed E-state index contributed by atoms with van der Waals surface area (Å²) in [5.41, 5.74) is 12.8. The van der Waals surface area contributed by atoms with Crippen molar-refractivity contribution in [3.05, 3.63) is 193 Å². The topological polar surface area (TPSA) is 34.1 Å². The summed E-state index contributed by atoms with van der Waals surface area (Å²) in [7, 11) is 0. The molecule has 3 unspecified atom stereocenters. The Labute approximate surface area is 312 Å². The number of hydrogen-bond donors (Lipinski definition) is 0. The van der Waals surface area contributed by atoms with E-state index in [1.54, 1.807) is 0 Å². The van der Waals surface area contributed by atoms with Gasteiger partial charge in [0.05, 0.1) is 27.8 Å². The maximum Gasteiger partial charge on any atom is 0.155 e. The largest absolute Gasteiger partial charge is 0.315 e. The van der Waals surface area contributed by atoms with E-state index < -0.39 is 0 Å². The highest BCUT2D eigenvalue weighted by Crippen LogP contribution is 2.64. The van der Waals surface area contributed by atoms with E-state index in [0.717, 1.165) is 22.8 Å². The number of para-hydroxylation sites is 2. The number of benzene rings is 7. The van der Waals surface area contributed by atoms with Crippen LogP contribution in [-0.2, 0) is 5.54 Å². The van der Waals surface area contributed by atoms with E-state index in [2.05, 4.69) is 186 Å². The van der Waals surface area contributed by atoms with Gasteiger partial charge in [0.25, 0.3) is 0 Å². The lowest BCUT2D eigenvalue weighted by atomic mass is 9.93. The highest BCUT2D eigenvalue weighted by molar-refractivity contribution is 6.32. The fourth-order valence-electron chi connectivity index (χ4n) is 9.76. The lowest BCUT2D eigenvalue weighted by Crippen LogP contribution is -2.23. The van der Waals surface area contributed by atoms with Gasteiger partial charge in [-0.15, -0.1) is 0 Å². The van der Waals surface area contributed by atoms with Crippen molar-refractivity contribution >= 4 is 60.5 Å². The monoisotopic (exact) mass is 690 g/mol. The molecule has 4 nitrogen and oxygen atoms in total. The van der Waals surface area contributed by atoms with E-state index >= 15 is 0 Å². The Morgan fingerprint density at radius 1 is 0.537 bits per heavy atom. The Morgan fingerprint density at radius 2 is 1.20 bits per heavy atom. The minimum Gasteiger partial charge on any atom is -0.315 e. The molecule has 12 rings (SSSR count). The second-order valence-electron chi connectivity index (χ2n) is 15.0. The SMILES string of the molecule is CC1C2C(c3ccccc3)=NC(c3ccccc3)=NC12c1cccc(-c2ccc(-n3c4ccccc4c4c5c6ccccc6n6ccc(cc43)c56)cc2)c1. The summed E-state index contributed by atoms with van der Waals surface area (Å²) in [6.45, 7) is 2.33. The van der Waals surface area contributed by atoms with Gasteiger partial charge in [0.2, 0.25) is 0 Å². The van der Waals surface area contributed by atoms with Crippen molar-refractivity contribution in [2.45, 2.75) is 12.5 Å². The van der Waals surface area contributed by atoms with Crippen molar-refractivity contribution in [2.75, 3.05) is 0 Å². The van der Waals surface area contributed by atoms with E-state index in [-0.39, 0.29) is 11.5 Å². The number of aromatic nitrogens is 2. The predicted molar refractivity (Wildman–Crippen MR) is 224 cm³/mol. The maximum absolute atomic E-state index is 5.50. The van der Waals surface area contributed by atoms with Crippen LogP contribution in [0.4, 0.5) is 0 Å². The molecule has 0 spiro atoms. The molecule has 0 radical (unpaired) electrons. The van der Waals surface area contributed by atoms with Gasteiger partial charge in [-0.2, -0.15) is 0 Å². The quantitative estimate of drug-likeness (QED) is 0.172. The van der Waals surface area contributed by atoms with Gasteiger partial charge >= 0.3 is 0 Å². The first kappa shape index (κ1) is 29.8. The Hall–Kier alpha value is -6.78. The molecule has 7 aromatic carbocycles. The first-order valence-corrected chi connectivity index (χ1v) is 18.9. The standard InChI is InChI=1S/C50H34N4/c1-31-46-47(33-13-4-2-5-14-33)51-49(34-15-6-3-7-16-34)52-50(31,46)37-18-12-17-35(29-37)32-23-25-38(26-24-32)54-42-22-11-9-20-40(42)44-43(54)30-36-27-28-53-41-21-10-8-19-39(41)45(44)48(36)53/h2-31,46H,1H3. The molecule has 10 aromatic rings. The van der Waals surface area contributed by atoms with E-state index in [9.17, 15) is 0 Å². The molecule has 2 aliphatic rings. The molecule has 4 heteroatoms. The third kappa shape index (κ3) is 3.97. The zero-order valence-corrected chi connectivity index (χ0v) is 29.7. The molecule has 254 valence electrons. The lowest BCUT2D eigenvalue weighted by Gasteiger charge is -2.22. The molecule has 1 aliphatic heterocycles. The summed E-state index contributed by atoms with van der Waals surface area (Å²) < 4.78 is 4.80. The fraction of sp³-hybridized carbons (Fsp3) is 0.0800. The minimum atomic E-state index is -0.360. The average Bonchev–Trinajstić information content (AvgIpc) is 3.54. The van der Waals surface area contributed by atoms with Crippen LogP contribution in [-0.4, -0.2) is 20.5 Å². The highest BCUT2D eigenvalue weighted by atomic mass is 15.1. The summed E-state index contributed by atoms with van der Waals surface area (Å²) in [5.74, 6) is 1.35. The van der Waals surface area contributed by atoms with Gasteiger partial charge in [0, 0.05) is 50.3 Å². The van der Waals surface area contributed by atoms with Gasteiger partial charge in [-0.25, -0.2) is 4.99 Å². The first-order valence-electron chi connectivity index (χ1n) is 18.9. The molecule has 0 bridgehead atoms. The molecular formula is C50H34N4. The van der Waals surface area contributed by atoms with Crippen LogP contribution >= 0.6 is 0 Å². The lowest BCUT2D eigenvalue weighted by molar-refractivity contribution is 0.656. The summed E-state index contributed by atoms with van der Waals surface area (Å²) in [4.78, 5) is 10.7. The Kier molecular flexibility index (Phi) is 5.99. The molecule has 0 N–H and O–H groups in total. The van der Waals surface area contributed by atoms with E-state index in [0.29, 0.717) is 5.92 Å². The van der Waals surface area contributed by atoms with Crippen LogP contribution in [0.15, 0.2) is 186 Å². The van der Waals surface area contributed by atoms with Gasteiger partial charge in [0.1, 0.15) is 5.54 Å². The third-order valence-electron chi connectivity index (χ3n) is 12.3. The van der Waals surface area contributed by atoms with E-state index in [1.807, 2.05) is 6.07 Å². The van der Waals surface area contributed by atoms with Crippen LogP contribution in [0.25, 0.3) is 65.8 Å². The van der Waals surface area contributed by atoms with Gasteiger partial charge in [-0.3, -0.25) is 4.99 Å². The van der Waals surface area contributed by atoms with E-state index in [1.165, 1.54) is 71.3 Å². The summed E-state index contributed by atoms with van der Waals surface area (Å²) in [6.07, 6.45) is 2.22. The molecule has 1 aliphatic carbocycles. The molecular weight excluding hydrogens is 657 g/mol. The number of amidine groups is 1. The number of nitrogens with zero attached hydrogens (tertiary/aromatic N) is 4. The van der Waals surface area contributed by atoms with Crippen LogP contribution < -0.4 is 0 Å². The molecule has 3 atom stereocenters. The zero-order chi connectivity index (χ0) is 35.5. The Bertz CT molecular complexity index is 3170. The molecule has 4 heterocycles. The molecule has 3 aromatic heterocycles. The second-order valence-corrected chi connectivity index (χ2v) is 15.0. The smallest absolute Gasteiger partial charge is 0.155 e. The highest BCUT2D eigenvalue weighted by Gasteiger charge is 2.67. The first-order chi connectivity index (χ1) is 26.7. The van der Waals surface area contributed by atoms with Crippen molar-refractivity contribution in [2.24, 2.45) is 21.8 Å². The molecule has 1 saturated carbocycles. The maximum atomic E-state index is 5.50. The molecule has 54 heavy (non-hydrogen) atoms. The van der Waals surface area contributed by atoms with Gasteiger partial charge in [-0.1, -0.05) is 134 Å². The van der Waals surface area contributed by atoms with Crippen LogP contribution in [0.2, 0.25) is 0 Å². The van der Waals surface area contributed by atoms with Crippen molar-refractivity contribution in [3.8, 4) is 16.8 Å². The van der Waals surface area contributed by atoms with Crippen LogP contribution in [0, 0.1) is 11.8 Å². The number of rotatable bonds is 5. The third-order valence-corrected chi connectivity index (χ3v) is 12.3. The van der Waals surface area contributed by atoms with Gasteiger partial charge < -0.3 is 8.97 Å². The Balaban J connectivity index is 0.980. The molecule has 0 amide bonds. The van der Waals surface area contributed by atoms with Crippen LogP contribution in [0.1, 0.15) is 23.6 Å². The van der Waals surface area contributed by atoms with Crippen molar-refractivity contribution in [1.82, 2.24) is 8.97 Å². The molecule has 1 fully saturated rings. The van der Waals surface area contributed by atoms with Gasteiger partial charge in [0.15, 0.2) is 5.84 Å². The summed E-state index contributed by atoms with van der Waals surface area (Å²) in [5, 5.41) is 6.49. The number of aliphatic imine (C=N–C) groups is 2. The number of hydrogen-bond acceptors (Lipinski definition) is 2. The van der Waals surface area contributed by atoms with Crippen LogP contribution in [0.3, 0.4) is 0 Å². The zero-order valence-electron chi connectivity index (χ0n) is 29.7. The fourth-order valence-corrected chi connectivity index (χ4v) is 9.76. The number of fused-ring (bicyclic) bond motifs is 8. The van der Waals surface area contributed by atoms with Crippen molar-refractivity contribution < 1.29 is 0 Å². The minimum absolute atomic E-state index is 0.219. The predicted octanol–water partition coefficient (Wildman–Crippen LogP) is 11.9. The molecule has 0 saturated heterocycles. The van der Waals surface area contributed by atoms with Gasteiger partial charge in [-0.05, 0) is 70.6 Å². The Morgan fingerprint density at radius 3 is 1.98 bits per heavy atom. The van der Waals surface area contributed by atoms with Crippen LogP contribution in [0.5, 0.6) is 0 Å². The van der Waals surface area contributed by atoms with E-state index in [4.69, 9.17) is 9.98 Å². The summed E-state index contributed by atoms with van der Waals surface area (Å²) in [6, 6.07) is 61.5. The van der Waals surface area contributed by atoms with Crippen molar-refractivity contribution in [3.63, 3.8) is 0 Å². The normalized spacial score (nSPS) is 19.5.